The van der Waals surface area contributed by atoms with Gasteiger partial charge in [0.25, 0.3) is 0 Å². The molecule has 0 spiro atoms. The second kappa shape index (κ2) is 10.6. The monoisotopic (exact) mass is 490 g/mol. The van der Waals surface area contributed by atoms with Crippen LogP contribution in [0.5, 0.6) is 0 Å². The molecule has 7 nitrogen and oxygen atoms in total. The number of rotatable bonds is 6. The van der Waals surface area contributed by atoms with Crippen molar-refractivity contribution in [2.75, 3.05) is 31.1 Å². The van der Waals surface area contributed by atoms with Gasteiger partial charge >= 0.3 is 0 Å². The summed E-state index contributed by atoms with van der Waals surface area (Å²) >= 11 is 1.51. The lowest BCUT2D eigenvalue weighted by molar-refractivity contribution is -0.123. The Morgan fingerprint density at radius 2 is 1.79 bits per heavy atom. The highest BCUT2D eigenvalue weighted by Gasteiger charge is 2.35. The van der Waals surface area contributed by atoms with E-state index in [1.165, 1.54) is 17.8 Å². The summed E-state index contributed by atoms with van der Waals surface area (Å²) < 4.78 is 27.9. The molecule has 2 aliphatic rings. The molecule has 1 amide bonds. The van der Waals surface area contributed by atoms with Gasteiger partial charge in [0, 0.05) is 43.8 Å². The van der Waals surface area contributed by atoms with Crippen molar-refractivity contribution >= 4 is 32.4 Å². The first-order chi connectivity index (χ1) is 15.9. The van der Waals surface area contributed by atoms with Crippen LogP contribution in [0, 0.1) is 6.92 Å². The molecule has 0 bridgehead atoms. The second-order valence-electron chi connectivity index (χ2n) is 9.10. The Balaban J connectivity index is 1.46. The van der Waals surface area contributed by atoms with Gasteiger partial charge in [-0.3, -0.25) is 14.6 Å². The van der Waals surface area contributed by atoms with Crippen LogP contribution in [0.25, 0.3) is 0 Å². The smallest absolute Gasteiger partial charge is 0.246 e. The van der Waals surface area contributed by atoms with E-state index in [0.29, 0.717) is 37.5 Å². The van der Waals surface area contributed by atoms with E-state index in [0.717, 1.165) is 36.4 Å². The molecule has 2 fully saturated rings. The molecule has 0 radical (unpaired) electrons. The number of sulfonamides is 1. The predicted molar refractivity (Wildman–Crippen MR) is 132 cm³/mol. The van der Waals surface area contributed by atoms with E-state index >= 15 is 0 Å². The zero-order valence-corrected chi connectivity index (χ0v) is 21.2. The SMILES string of the molecule is Cc1ccc(S(=O)(=O)N2CCCN([C@H](C)C(=O)N(c3nccs3)C3CCCCC3)CC2)cc1. The molecule has 2 aromatic rings. The molecule has 1 aromatic carbocycles. The maximum absolute atomic E-state index is 13.7. The fraction of sp³-hybridized carbons (Fsp3) is 0.583. The second-order valence-corrected chi connectivity index (χ2v) is 11.9. The van der Waals surface area contributed by atoms with Crippen molar-refractivity contribution in [2.24, 2.45) is 0 Å². The van der Waals surface area contributed by atoms with E-state index in [1.807, 2.05) is 36.3 Å². The standard InChI is InChI=1S/C24H34N4O3S2/c1-19-9-11-22(12-10-19)33(30,31)27-15-6-14-26(16-17-27)20(2)23(29)28(24-25-13-18-32-24)21-7-4-3-5-8-21/h9-13,18,20-21H,3-8,14-17H2,1-2H3/t20-/m1/s1. The molecule has 33 heavy (non-hydrogen) atoms. The number of thiazole rings is 1. The quantitative estimate of drug-likeness (QED) is 0.614. The van der Waals surface area contributed by atoms with Crippen LogP contribution in [-0.2, 0) is 14.8 Å². The summed E-state index contributed by atoms with van der Waals surface area (Å²) in [5.74, 6) is 0.0756. The Kier molecular flexibility index (Phi) is 7.83. The summed E-state index contributed by atoms with van der Waals surface area (Å²) in [5.41, 5.74) is 1.03. The number of anilines is 1. The number of carbonyl (C=O) groups excluding carboxylic acids is 1. The first-order valence-corrected chi connectivity index (χ1v) is 14.2. The molecule has 1 aliphatic carbocycles. The number of hydrogen-bond acceptors (Lipinski definition) is 6. The minimum Gasteiger partial charge on any atom is -0.291 e. The molecule has 0 N–H and O–H groups in total. The Bertz CT molecular complexity index is 1020. The maximum atomic E-state index is 13.7. The molecule has 2 heterocycles. The van der Waals surface area contributed by atoms with Crippen LogP contribution in [0.3, 0.4) is 0 Å². The number of aromatic nitrogens is 1. The predicted octanol–water partition coefficient (Wildman–Crippen LogP) is 3.90. The average Bonchev–Trinajstić information content (AvgIpc) is 3.22. The molecule has 0 unspecified atom stereocenters. The number of benzene rings is 1. The topological polar surface area (TPSA) is 73.8 Å². The Hall–Kier alpha value is -1.81. The van der Waals surface area contributed by atoms with Gasteiger partial charge in [-0.15, -0.1) is 11.3 Å². The van der Waals surface area contributed by atoms with Crippen LogP contribution < -0.4 is 4.90 Å². The zero-order valence-electron chi connectivity index (χ0n) is 19.5. The van der Waals surface area contributed by atoms with Gasteiger partial charge in [0.05, 0.1) is 10.9 Å². The minimum absolute atomic E-state index is 0.0756. The van der Waals surface area contributed by atoms with E-state index in [1.54, 1.807) is 22.6 Å². The van der Waals surface area contributed by atoms with Crippen LogP contribution in [0.15, 0.2) is 40.7 Å². The third-order valence-electron chi connectivity index (χ3n) is 6.86. The van der Waals surface area contributed by atoms with E-state index < -0.39 is 10.0 Å². The lowest BCUT2D eigenvalue weighted by Crippen LogP contribution is -2.52. The van der Waals surface area contributed by atoms with Gasteiger partial charge in [-0.05, 0) is 45.2 Å². The van der Waals surface area contributed by atoms with Crippen molar-refractivity contribution in [3.05, 3.63) is 41.4 Å². The van der Waals surface area contributed by atoms with E-state index in [4.69, 9.17) is 0 Å². The summed E-state index contributed by atoms with van der Waals surface area (Å²) in [7, 11) is -3.54. The highest BCUT2D eigenvalue weighted by Crippen LogP contribution is 2.30. The Labute approximate surface area is 201 Å². The van der Waals surface area contributed by atoms with Crippen LogP contribution in [0.4, 0.5) is 5.13 Å². The minimum atomic E-state index is -3.54. The largest absolute Gasteiger partial charge is 0.291 e. The van der Waals surface area contributed by atoms with Crippen LogP contribution >= 0.6 is 11.3 Å². The molecule has 1 atom stereocenters. The van der Waals surface area contributed by atoms with E-state index in [-0.39, 0.29) is 18.0 Å². The van der Waals surface area contributed by atoms with Gasteiger partial charge in [-0.25, -0.2) is 13.4 Å². The van der Waals surface area contributed by atoms with Crippen molar-refractivity contribution in [3.63, 3.8) is 0 Å². The number of carbonyl (C=O) groups is 1. The van der Waals surface area contributed by atoms with E-state index in [9.17, 15) is 13.2 Å². The van der Waals surface area contributed by atoms with E-state index in [2.05, 4.69) is 9.88 Å². The maximum Gasteiger partial charge on any atom is 0.246 e. The fourth-order valence-corrected chi connectivity index (χ4v) is 7.05. The van der Waals surface area contributed by atoms with Crippen molar-refractivity contribution < 1.29 is 13.2 Å². The summed E-state index contributed by atoms with van der Waals surface area (Å²) in [6, 6.07) is 6.89. The van der Waals surface area contributed by atoms with Crippen molar-refractivity contribution in [3.8, 4) is 0 Å². The first-order valence-electron chi connectivity index (χ1n) is 11.9. The summed E-state index contributed by atoms with van der Waals surface area (Å²) in [4.78, 5) is 22.6. The Morgan fingerprint density at radius 3 is 2.45 bits per heavy atom. The third-order valence-corrected chi connectivity index (χ3v) is 9.54. The zero-order chi connectivity index (χ0) is 23.4. The molecule has 1 saturated carbocycles. The number of hydrogen-bond donors (Lipinski definition) is 0. The van der Waals surface area contributed by atoms with Crippen molar-refractivity contribution in [2.45, 2.75) is 69.4 Å². The molecular weight excluding hydrogens is 456 g/mol. The van der Waals surface area contributed by atoms with Gasteiger partial charge in [-0.1, -0.05) is 37.0 Å². The van der Waals surface area contributed by atoms with Gasteiger partial charge in [0.1, 0.15) is 0 Å². The fourth-order valence-electron chi connectivity index (χ4n) is 4.86. The van der Waals surface area contributed by atoms with Crippen LogP contribution in [0.1, 0.15) is 51.0 Å². The lowest BCUT2D eigenvalue weighted by Gasteiger charge is -2.37. The van der Waals surface area contributed by atoms with Gasteiger partial charge < -0.3 is 0 Å². The van der Waals surface area contributed by atoms with Gasteiger partial charge in [0.15, 0.2) is 5.13 Å². The summed E-state index contributed by atoms with van der Waals surface area (Å²) in [6.45, 7) is 5.98. The highest BCUT2D eigenvalue weighted by atomic mass is 32.2. The molecule has 4 rings (SSSR count). The lowest BCUT2D eigenvalue weighted by atomic mass is 9.94. The highest BCUT2D eigenvalue weighted by molar-refractivity contribution is 7.89. The molecule has 1 aliphatic heterocycles. The van der Waals surface area contributed by atoms with Crippen molar-refractivity contribution in [1.29, 1.82) is 0 Å². The number of aryl methyl sites for hydroxylation is 1. The Morgan fingerprint density at radius 1 is 1.06 bits per heavy atom. The van der Waals surface area contributed by atoms with Gasteiger partial charge in [0.2, 0.25) is 15.9 Å². The van der Waals surface area contributed by atoms with Crippen molar-refractivity contribution in [1.82, 2.24) is 14.2 Å². The first kappa shape index (κ1) is 24.3. The summed E-state index contributed by atoms with van der Waals surface area (Å²) in [5, 5.41) is 2.69. The molecule has 1 saturated heterocycles. The molecule has 9 heteroatoms. The van der Waals surface area contributed by atoms with Crippen LogP contribution in [-0.4, -0.2) is 66.8 Å². The third kappa shape index (κ3) is 5.48. The van der Waals surface area contributed by atoms with Crippen LogP contribution in [0.2, 0.25) is 0 Å². The molecule has 180 valence electrons. The molecular formula is C24H34N4O3S2. The number of nitrogens with zero attached hydrogens (tertiary/aromatic N) is 4. The van der Waals surface area contributed by atoms with Gasteiger partial charge in [-0.2, -0.15) is 4.31 Å². The normalized spacial score (nSPS) is 20.3. The number of amides is 1. The summed E-state index contributed by atoms with van der Waals surface area (Å²) in [6.07, 6.45) is 8.00. The average molecular weight is 491 g/mol. The molecule has 1 aromatic heterocycles.